The number of nitrogens with one attached hydrogen (secondary N) is 2. The standard InChI is InChI=1S/C14H26N4S.HI/c1-5-7-8-9-16-14(15-6-2)17-10-13-11(3)18-12(4)19-13;/h5-10H2,1-4H3,(H2,15,16,17);1H. The second-order valence-electron chi connectivity index (χ2n) is 4.57. The Morgan fingerprint density at radius 3 is 2.50 bits per heavy atom. The van der Waals surface area contributed by atoms with Gasteiger partial charge in [0.15, 0.2) is 5.96 Å². The van der Waals surface area contributed by atoms with E-state index in [0.717, 1.165) is 29.8 Å². The monoisotopic (exact) mass is 410 g/mol. The fourth-order valence-corrected chi connectivity index (χ4v) is 2.66. The van der Waals surface area contributed by atoms with Gasteiger partial charge >= 0.3 is 0 Å². The van der Waals surface area contributed by atoms with E-state index in [0.29, 0.717) is 6.54 Å². The van der Waals surface area contributed by atoms with E-state index in [-0.39, 0.29) is 24.0 Å². The van der Waals surface area contributed by atoms with Crippen molar-refractivity contribution in [3.8, 4) is 0 Å². The maximum atomic E-state index is 4.62. The van der Waals surface area contributed by atoms with Crippen molar-refractivity contribution in [1.82, 2.24) is 15.6 Å². The summed E-state index contributed by atoms with van der Waals surface area (Å²) in [4.78, 5) is 10.3. The number of hydrogen-bond donors (Lipinski definition) is 2. The smallest absolute Gasteiger partial charge is 0.191 e. The van der Waals surface area contributed by atoms with Crippen molar-refractivity contribution >= 4 is 41.3 Å². The third kappa shape index (κ3) is 7.42. The lowest BCUT2D eigenvalue weighted by atomic mass is 10.2. The van der Waals surface area contributed by atoms with Crippen LogP contribution < -0.4 is 10.6 Å². The van der Waals surface area contributed by atoms with Crippen LogP contribution in [0.25, 0.3) is 0 Å². The zero-order chi connectivity index (χ0) is 14.1. The zero-order valence-corrected chi connectivity index (χ0v) is 16.1. The van der Waals surface area contributed by atoms with Crippen molar-refractivity contribution < 1.29 is 0 Å². The molecule has 6 heteroatoms. The first-order chi connectivity index (χ1) is 9.17. The highest BCUT2D eigenvalue weighted by molar-refractivity contribution is 14.0. The molecule has 2 N–H and O–H groups in total. The van der Waals surface area contributed by atoms with E-state index in [1.807, 2.05) is 6.92 Å². The third-order valence-electron chi connectivity index (χ3n) is 2.80. The summed E-state index contributed by atoms with van der Waals surface area (Å²) < 4.78 is 0. The largest absolute Gasteiger partial charge is 0.357 e. The Morgan fingerprint density at radius 2 is 1.95 bits per heavy atom. The average Bonchev–Trinajstić information content (AvgIpc) is 2.70. The molecule has 20 heavy (non-hydrogen) atoms. The number of rotatable bonds is 7. The molecule has 1 aromatic heterocycles. The molecule has 0 aliphatic heterocycles. The Hall–Kier alpha value is -0.370. The second kappa shape index (κ2) is 11.3. The third-order valence-corrected chi connectivity index (χ3v) is 3.85. The lowest BCUT2D eigenvalue weighted by Gasteiger charge is -2.10. The van der Waals surface area contributed by atoms with Crippen molar-refractivity contribution in [1.29, 1.82) is 0 Å². The SMILES string of the molecule is CCCCCNC(=NCc1sc(C)nc1C)NCC.I. The number of aromatic nitrogens is 1. The van der Waals surface area contributed by atoms with Crippen molar-refractivity contribution in [2.45, 2.75) is 53.5 Å². The number of nitrogens with zero attached hydrogens (tertiary/aromatic N) is 2. The summed E-state index contributed by atoms with van der Waals surface area (Å²) in [5.41, 5.74) is 1.10. The van der Waals surface area contributed by atoms with E-state index in [2.05, 4.69) is 41.4 Å². The Morgan fingerprint density at radius 1 is 1.20 bits per heavy atom. The van der Waals surface area contributed by atoms with E-state index in [1.165, 1.54) is 24.1 Å². The van der Waals surface area contributed by atoms with Crippen LogP contribution in [-0.2, 0) is 6.54 Å². The molecule has 1 heterocycles. The molecule has 0 saturated heterocycles. The Bertz CT molecular complexity index is 404. The normalized spacial score (nSPS) is 11.1. The molecule has 1 aromatic rings. The topological polar surface area (TPSA) is 49.3 Å². The van der Waals surface area contributed by atoms with E-state index in [4.69, 9.17) is 0 Å². The average molecular weight is 410 g/mol. The number of hydrogen-bond acceptors (Lipinski definition) is 3. The molecule has 0 spiro atoms. The molecule has 0 atom stereocenters. The van der Waals surface area contributed by atoms with Crippen LogP contribution in [0.5, 0.6) is 0 Å². The van der Waals surface area contributed by atoms with E-state index in [9.17, 15) is 0 Å². The van der Waals surface area contributed by atoms with Crippen LogP contribution in [-0.4, -0.2) is 24.0 Å². The first kappa shape index (κ1) is 19.6. The zero-order valence-electron chi connectivity index (χ0n) is 13.0. The van der Waals surface area contributed by atoms with Gasteiger partial charge in [-0.25, -0.2) is 9.98 Å². The summed E-state index contributed by atoms with van der Waals surface area (Å²) in [6, 6.07) is 0. The van der Waals surface area contributed by atoms with Gasteiger partial charge in [-0.15, -0.1) is 35.3 Å². The van der Waals surface area contributed by atoms with E-state index < -0.39 is 0 Å². The highest BCUT2D eigenvalue weighted by Crippen LogP contribution is 2.17. The van der Waals surface area contributed by atoms with Gasteiger partial charge in [0.05, 0.1) is 17.2 Å². The molecule has 0 fully saturated rings. The van der Waals surface area contributed by atoms with Gasteiger partial charge in [0.25, 0.3) is 0 Å². The predicted octanol–water partition coefficient (Wildman–Crippen LogP) is 3.62. The minimum Gasteiger partial charge on any atom is -0.357 e. The summed E-state index contributed by atoms with van der Waals surface area (Å²) in [6.07, 6.45) is 3.70. The van der Waals surface area contributed by atoms with Crippen LogP contribution in [0.3, 0.4) is 0 Å². The van der Waals surface area contributed by atoms with Crippen molar-refractivity contribution in [3.63, 3.8) is 0 Å². The minimum atomic E-state index is 0. The summed E-state index contributed by atoms with van der Waals surface area (Å²) in [5.74, 6) is 0.907. The van der Waals surface area contributed by atoms with Gasteiger partial charge in [0, 0.05) is 18.0 Å². The Labute approximate surface area is 143 Å². The lowest BCUT2D eigenvalue weighted by molar-refractivity contribution is 0.683. The lowest BCUT2D eigenvalue weighted by Crippen LogP contribution is -2.37. The summed E-state index contributed by atoms with van der Waals surface area (Å²) in [7, 11) is 0. The van der Waals surface area contributed by atoms with Crippen LogP contribution in [0, 0.1) is 13.8 Å². The van der Waals surface area contributed by atoms with Gasteiger partial charge in [0.1, 0.15) is 0 Å². The molecule has 0 aromatic carbocycles. The molecular weight excluding hydrogens is 383 g/mol. The van der Waals surface area contributed by atoms with Crippen LogP contribution in [0.1, 0.15) is 48.7 Å². The van der Waals surface area contributed by atoms with Gasteiger partial charge < -0.3 is 10.6 Å². The van der Waals surface area contributed by atoms with E-state index in [1.54, 1.807) is 11.3 Å². The Balaban J connectivity index is 0.00000361. The number of unbranched alkanes of at least 4 members (excludes halogenated alkanes) is 2. The Kier molecular flexibility index (Phi) is 11.1. The molecule has 0 unspecified atom stereocenters. The minimum absolute atomic E-state index is 0. The summed E-state index contributed by atoms with van der Waals surface area (Å²) in [6.45, 7) is 11.0. The maximum absolute atomic E-state index is 4.62. The number of aryl methyl sites for hydroxylation is 2. The van der Waals surface area contributed by atoms with Crippen molar-refractivity contribution in [3.05, 3.63) is 15.6 Å². The van der Waals surface area contributed by atoms with Gasteiger partial charge in [-0.05, 0) is 27.2 Å². The summed E-state index contributed by atoms with van der Waals surface area (Å²) >= 11 is 1.73. The molecule has 1 rings (SSSR count). The van der Waals surface area contributed by atoms with Gasteiger partial charge in [-0.3, -0.25) is 0 Å². The fourth-order valence-electron chi connectivity index (χ4n) is 1.79. The number of thiazole rings is 1. The number of aliphatic imine (C=N–C) groups is 1. The quantitative estimate of drug-likeness (QED) is 0.313. The maximum Gasteiger partial charge on any atom is 0.191 e. The molecule has 116 valence electrons. The fraction of sp³-hybridized carbons (Fsp3) is 0.714. The van der Waals surface area contributed by atoms with Gasteiger partial charge in [-0.1, -0.05) is 19.8 Å². The number of halogens is 1. The molecule has 0 aliphatic carbocycles. The van der Waals surface area contributed by atoms with Crippen molar-refractivity contribution in [2.75, 3.05) is 13.1 Å². The second-order valence-corrected chi connectivity index (χ2v) is 5.86. The molecule has 4 nitrogen and oxygen atoms in total. The van der Waals surface area contributed by atoms with Crippen LogP contribution >= 0.6 is 35.3 Å². The molecule has 0 radical (unpaired) electrons. The van der Waals surface area contributed by atoms with E-state index >= 15 is 0 Å². The van der Waals surface area contributed by atoms with Crippen molar-refractivity contribution in [2.24, 2.45) is 4.99 Å². The van der Waals surface area contributed by atoms with Crippen LogP contribution in [0.15, 0.2) is 4.99 Å². The summed E-state index contributed by atoms with van der Waals surface area (Å²) in [5, 5.41) is 7.77. The molecular formula is C14H27IN4S. The van der Waals surface area contributed by atoms with Gasteiger partial charge in [0.2, 0.25) is 0 Å². The molecule has 0 saturated carbocycles. The number of guanidine groups is 1. The van der Waals surface area contributed by atoms with Crippen LogP contribution in [0.4, 0.5) is 0 Å². The highest BCUT2D eigenvalue weighted by atomic mass is 127. The first-order valence-corrected chi connectivity index (χ1v) is 7.94. The highest BCUT2D eigenvalue weighted by Gasteiger charge is 2.04. The van der Waals surface area contributed by atoms with Crippen LogP contribution in [0.2, 0.25) is 0 Å². The predicted molar refractivity (Wildman–Crippen MR) is 99.3 cm³/mol. The van der Waals surface area contributed by atoms with Gasteiger partial charge in [-0.2, -0.15) is 0 Å². The molecule has 0 aliphatic rings. The molecule has 0 bridgehead atoms. The first-order valence-electron chi connectivity index (χ1n) is 7.12. The molecule has 0 amide bonds.